The number of carboxylic acid groups (broad SMARTS) is 5. The molecule has 0 bridgehead atoms. The second-order valence-electron chi connectivity index (χ2n) is 9.22. The molecule has 1 unspecified atom stereocenters. The van der Waals surface area contributed by atoms with Crippen LogP contribution in [0.1, 0.15) is 5.56 Å². The SMILES string of the molecule is O=C([O-])CN(CCN(CCN(CC(=O)[O-])CC(=O)[O-])C(Cc1ccc(Oc2ccc(O)cc2)cc1)C(=O)[O-])CC(=O)[O-]. The summed E-state index contributed by atoms with van der Waals surface area (Å²) < 4.78 is 5.67. The van der Waals surface area contributed by atoms with Crippen molar-refractivity contribution < 1.29 is 59.3 Å². The van der Waals surface area contributed by atoms with Gasteiger partial charge in [0.2, 0.25) is 0 Å². The van der Waals surface area contributed by atoms with Crippen molar-refractivity contribution in [3.8, 4) is 17.2 Å². The summed E-state index contributed by atoms with van der Waals surface area (Å²) in [5.41, 5.74) is 0.509. The average Bonchev–Trinajstić information content (AvgIpc) is 2.88. The van der Waals surface area contributed by atoms with Gasteiger partial charge in [0.1, 0.15) is 17.2 Å². The van der Waals surface area contributed by atoms with Crippen molar-refractivity contribution in [2.75, 3.05) is 52.4 Å². The third kappa shape index (κ3) is 12.6. The van der Waals surface area contributed by atoms with Crippen LogP contribution in [0.25, 0.3) is 0 Å². The average molecular weight is 587 g/mol. The molecule has 0 heterocycles. The molecular weight excluding hydrogens is 558 g/mol. The summed E-state index contributed by atoms with van der Waals surface area (Å²) in [6.07, 6.45) is -0.149. The minimum Gasteiger partial charge on any atom is -0.549 e. The minimum absolute atomic E-state index is 0.0559. The molecule has 1 N–H and O–H groups in total. The number of carboxylic acids is 5. The smallest absolute Gasteiger partial charge is 0.127 e. The highest BCUT2D eigenvalue weighted by molar-refractivity contribution is 5.72. The Hall–Kier alpha value is -4.73. The van der Waals surface area contributed by atoms with Crippen LogP contribution in [-0.2, 0) is 30.4 Å². The molecule has 1 atom stereocenters. The van der Waals surface area contributed by atoms with Crippen LogP contribution >= 0.6 is 0 Å². The molecule has 2 aromatic carbocycles. The highest BCUT2D eigenvalue weighted by Gasteiger charge is 2.22. The number of phenolic OH excluding ortho intramolecular Hbond substituents is 1. The molecule has 0 saturated heterocycles. The highest BCUT2D eigenvalue weighted by atomic mass is 16.5. The molecule has 0 aliphatic rings. The van der Waals surface area contributed by atoms with Crippen molar-refractivity contribution in [2.45, 2.75) is 12.5 Å². The summed E-state index contributed by atoms with van der Waals surface area (Å²) in [5.74, 6) is -6.96. The number of benzene rings is 2. The molecule has 0 aliphatic carbocycles. The Morgan fingerprint density at radius 2 is 1.00 bits per heavy atom. The molecule has 0 saturated carbocycles. The minimum atomic E-state index is -1.58. The van der Waals surface area contributed by atoms with Crippen LogP contribution in [0.15, 0.2) is 48.5 Å². The summed E-state index contributed by atoms with van der Waals surface area (Å²) >= 11 is 0. The zero-order valence-electron chi connectivity index (χ0n) is 22.3. The molecule has 42 heavy (non-hydrogen) atoms. The van der Waals surface area contributed by atoms with Crippen molar-refractivity contribution in [1.82, 2.24) is 14.7 Å². The zero-order chi connectivity index (χ0) is 31.2. The summed E-state index contributed by atoms with van der Waals surface area (Å²) in [5, 5.41) is 65.9. The van der Waals surface area contributed by atoms with E-state index in [9.17, 15) is 54.6 Å². The fraction of sp³-hybridized carbons (Fsp3) is 0.370. The van der Waals surface area contributed by atoms with Crippen LogP contribution in [0.4, 0.5) is 0 Å². The number of ether oxygens (including phenoxy) is 1. The van der Waals surface area contributed by atoms with Gasteiger partial charge in [0, 0.05) is 52.4 Å². The van der Waals surface area contributed by atoms with Gasteiger partial charge in [-0.05, 0) is 48.4 Å². The molecule has 0 aliphatic heterocycles. The number of aromatic hydroxyl groups is 1. The standard InChI is InChI=1S/C27H33N3O12/c31-19-3-7-21(8-4-19)42-20-5-1-18(2-6-20)13-22(27(40)41)30(11-9-28(14-23(32)33)15-24(34)35)12-10-29(16-25(36)37)17-26(38)39/h1-8,22,31H,9-17H2,(H,32,33)(H,34,35)(H,36,37)(H,38,39)(H,40,41)/p-5. The summed E-state index contributed by atoms with van der Waals surface area (Å²) in [6.45, 7) is -4.16. The van der Waals surface area contributed by atoms with Gasteiger partial charge < -0.3 is 59.3 Å². The zero-order valence-corrected chi connectivity index (χ0v) is 22.3. The number of rotatable bonds is 20. The molecule has 15 nitrogen and oxygen atoms in total. The third-order valence-corrected chi connectivity index (χ3v) is 5.96. The number of nitrogens with zero attached hydrogens (tertiary/aromatic N) is 3. The van der Waals surface area contributed by atoms with Gasteiger partial charge in [-0.3, -0.25) is 14.7 Å². The molecule has 0 spiro atoms. The van der Waals surface area contributed by atoms with E-state index in [2.05, 4.69) is 0 Å². The van der Waals surface area contributed by atoms with Crippen molar-refractivity contribution in [3.63, 3.8) is 0 Å². The number of aliphatic carboxylic acids is 5. The number of phenols is 1. The Morgan fingerprint density at radius 1 is 0.619 bits per heavy atom. The quantitative estimate of drug-likeness (QED) is 0.152. The lowest BCUT2D eigenvalue weighted by molar-refractivity contribution is -0.314. The first-order chi connectivity index (χ1) is 19.8. The summed E-state index contributed by atoms with van der Waals surface area (Å²) in [4.78, 5) is 59.7. The van der Waals surface area contributed by atoms with Crippen LogP contribution in [0.2, 0.25) is 0 Å². The molecule has 0 fully saturated rings. The highest BCUT2D eigenvalue weighted by Crippen LogP contribution is 2.24. The normalized spacial score (nSPS) is 11.9. The van der Waals surface area contributed by atoms with Gasteiger partial charge in [0.05, 0.1) is 35.9 Å². The number of carbonyl (C=O) groups is 5. The Kier molecular flexibility index (Phi) is 13.2. The second-order valence-corrected chi connectivity index (χ2v) is 9.22. The van der Waals surface area contributed by atoms with Crippen LogP contribution in [0.3, 0.4) is 0 Å². The van der Waals surface area contributed by atoms with E-state index < -0.39 is 62.1 Å². The first-order valence-corrected chi connectivity index (χ1v) is 12.6. The van der Waals surface area contributed by atoms with Gasteiger partial charge in [-0.1, -0.05) is 12.1 Å². The van der Waals surface area contributed by atoms with Crippen molar-refractivity contribution in [1.29, 1.82) is 0 Å². The summed E-state index contributed by atoms with van der Waals surface area (Å²) in [7, 11) is 0. The molecule has 0 aromatic heterocycles. The molecule has 2 aromatic rings. The summed E-state index contributed by atoms with van der Waals surface area (Å²) in [6, 6.07) is 10.9. The monoisotopic (exact) mass is 586 g/mol. The van der Waals surface area contributed by atoms with Crippen molar-refractivity contribution in [3.05, 3.63) is 54.1 Å². The lowest BCUT2D eigenvalue weighted by Gasteiger charge is -2.36. The lowest BCUT2D eigenvalue weighted by Crippen LogP contribution is -2.55. The molecule has 0 amide bonds. The maximum Gasteiger partial charge on any atom is 0.127 e. The largest absolute Gasteiger partial charge is 0.549 e. The Labute approximate surface area is 240 Å². The fourth-order valence-electron chi connectivity index (χ4n) is 4.05. The van der Waals surface area contributed by atoms with Crippen LogP contribution in [0.5, 0.6) is 17.2 Å². The first-order valence-electron chi connectivity index (χ1n) is 12.6. The van der Waals surface area contributed by atoms with Gasteiger partial charge >= 0.3 is 0 Å². The van der Waals surface area contributed by atoms with Crippen molar-refractivity contribution in [2.24, 2.45) is 0 Å². The van der Waals surface area contributed by atoms with Gasteiger partial charge in [0.15, 0.2) is 0 Å². The van der Waals surface area contributed by atoms with Crippen molar-refractivity contribution >= 4 is 29.8 Å². The van der Waals surface area contributed by atoms with Gasteiger partial charge in [-0.25, -0.2) is 0 Å². The predicted molar refractivity (Wildman–Crippen MR) is 132 cm³/mol. The molecule has 2 rings (SSSR count). The van der Waals surface area contributed by atoms with E-state index in [4.69, 9.17) is 4.74 Å². The Balaban J connectivity index is 2.25. The molecule has 15 heteroatoms. The van der Waals surface area contributed by atoms with Crippen LogP contribution in [0, 0.1) is 0 Å². The van der Waals surface area contributed by atoms with Crippen LogP contribution < -0.4 is 30.3 Å². The number of carbonyl (C=O) groups excluding carboxylic acids is 5. The Bertz CT molecular complexity index is 1150. The lowest BCUT2D eigenvalue weighted by atomic mass is 10.0. The predicted octanol–water partition coefficient (Wildman–Crippen LogP) is -6.25. The van der Waals surface area contributed by atoms with Gasteiger partial charge in [-0.15, -0.1) is 0 Å². The fourth-order valence-corrected chi connectivity index (χ4v) is 4.05. The molecule has 228 valence electrons. The van der Waals surface area contributed by atoms with Gasteiger partial charge in [-0.2, -0.15) is 0 Å². The van der Waals surface area contributed by atoms with E-state index in [0.717, 1.165) is 9.80 Å². The van der Waals surface area contributed by atoms with E-state index in [1.165, 1.54) is 17.0 Å². The molecule has 0 radical (unpaired) electrons. The first kappa shape index (κ1) is 33.5. The third-order valence-electron chi connectivity index (χ3n) is 5.96. The van der Waals surface area contributed by atoms with E-state index in [1.807, 2.05) is 0 Å². The van der Waals surface area contributed by atoms with Gasteiger partial charge in [0.25, 0.3) is 0 Å². The van der Waals surface area contributed by atoms with Crippen LogP contribution in [-0.4, -0.2) is 108 Å². The second kappa shape index (κ2) is 16.5. The maximum absolute atomic E-state index is 12.2. The van der Waals surface area contributed by atoms with E-state index in [1.54, 1.807) is 36.4 Å². The number of hydrogen-bond donors (Lipinski definition) is 1. The van der Waals surface area contributed by atoms with E-state index in [0.29, 0.717) is 17.1 Å². The maximum atomic E-state index is 12.2. The molecular formula is C27H28N3O12-5. The van der Waals surface area contributed by atoms with E-state index in [-0.39, 0.29) is 38.3 Å². The Morgan fingerprint density at radius 3 is 1.36 bits per heavy atom. The number of hydrogen-bond acceptors (Lipinski definition) is 15. The topological polar surface area (TPSA) is 240 Å². The van der Waals surface area contributed by atoms with E-state index >= 15 is 0 Å².